The van der Waals surface area contributed by atoms with E-state index in [-0.39, 0.29) is 18.0 Å². The Hall–Kier alpha value is -2.48. The smallest absolute Gasteiger partial charge is 0.264 e. The Morgan fingerprint density at radius 1 is 1.00 bits per heavy atom. The van der Waals surface area contributed by atoms with E-state index in [0.717, 1.165) is 20.3 Å². The lowest BCUT2D eigenvalue weighted by Crippen LogP contribution is -2.41. The lowest BCUT2D eigenvalue weighted by Gasteiger charge is -2.26. The van der Waals surface area contributed by atoms with Gasteiger partial charge in [0.1, 0.15) is 6.54 Å². The van der Waals surface area contributed by atoms with E-state index in [0.29, 0.717) is 16.3 Å². The molecular formula is C23H23ClN2O3S2. The SMILES string of the molecule is Cc1ccc(S(=O)(=O)N(CC(=O)NCc2ccc(S)cc2)c2cccc(Cl)c2C)cc1. The minimum atomic E-state index is -3.99. The summed E-state index contributed by atoms with van der Waals surface area (Å²) >= 11 is 10.5. The molecule has 0 saturated heterocycles. The number of hydrogen-bond donors (Lipinski definition) is 2. The lowest BCUT2D eigenvalue weighted by molar-refractivity contribution is -0.119. The minimum absolute atomic E-state index is 0.106. The van der Waals surface area contributed by atoms with E-state index in [2.05, 4.69) is 17.9 Å². The van der Waals surface area contributed by atoms with Crippen LogP contribution in [0.1, 0.15) is 16.7 Å². The molecule has 0 saturated carbocycles. The molecule has 3 aromatic carbocycles. The Morgan fingerprint density at radius 2 is 1.65 bits per heavy atom. The van der Waals surface area contributed by atoms with Gasteiger partial charge in [-0.25, -0.2) is 8.42 Å². The predicted octanol–water partition coefficient (Wildman–Crippen LogP) is 4.76. The summed E-state index contributed by atoms with van der Waals surface area (Å²) in [5.74, 6) is -0.426. The number of nitrogens with one attached hydrogen (secondary N) is 1. The van der Waals surface area contributed by atoms with Crippen LogP contribution in [0.3, 0.4) is 0 Å². The molecule has 0 aliphatic rings. The molecule has 1 N–H and O–H groups in total. The Morgan fingerprint density at radius 3 is 2.29 bits per heavy atom. The van der Waals surface area contributed by atoms with E-state index in [1.54, 1.807) is 37.3 Å². The molecule has 0 spiro atoms. The topological polar surface area (TPSA) is 66.5 Å². The van der Waals surface area contributed by atoms with Crippen molar-refractivity contribution in [2.45, 2.75) is 30.2 Å². The summed E-state index contributed by atoms with van der Waals surface area (Å²) in [6, 6.07) is 18.9. The second-order valence-corrected chi connectivity index (χ2v) is 9.94. The molecule has 0 radical (unpaired) electrons. The second-order valence-electron chi connectivity index (χ2n) is 7.15. The number of hydrogen-bond acceptors (Lipinski definition) is 4. The number of halogens is 1. The first-order valence-electron chi connectivity index (χ1n) is 9.57. The van der Waals surface area contributed by atoms with Crippen molar-refractivity contribution in [3.05, 3.63) is 88.4 Å². The highest BCUT2D eigenvalue weighted by molar-refractivity contribution is 7.92. The Bertz CT molecular complexity index is 1180. The third-order valence-corrected chi connectivity index (χ3v) is 7.31. The number of amides is 1. The van der Waals surface area contributed by atoms with E-state index in [1.165, 1.54) is 12.1 Å². The van der Waals surface area contributed by atoms with Crippen LogP contribution < -0.4 is 9.62 Å². The normalized spacial score (nSPS) is 11.2. The van der Waals surface area contributed by atoms with Gasteiger partial charge < -0.3 is 5.32 Å². The van der Waals surface area contributed by atoms with Gasteiger partial charge in [-0.05, 0) is 61.4 Å². The monoisotopic (exact) mass is 474 g/mol. The molecule has 5 nitrogen and oxygen atoms in total. The number of thiol groups is 1. The second kappa shape index (κ2) is 9.77. The minimum Gasteiger partial charge on any atom is -0.350 e. The third-order valence-electron chi connectivity index (χ3n) is 4.83. The van der Waals surface area contributed by atoms with Gasteiger partial charge >= 0.3 is 0 Å². The van der Waals surface area contributed by atoms with Crippen molar-refractivity contribution in [3.63, 3.8) is 0 Å². The average molecular weight is 475 g/mol. The van der Waals surface area contributed by atoms with Gasteiger partial charge in [0.2, 0.25) is 5.91 Å². The molecule has 0 aromatic heterocycles. The zero-order valence-corrected chi connectivity index (χ0v) is 19.6. The van der Waals surface area contributed by atoms with Crippen molar-refractivity contribution < 1.29 is 13.2 Å². The first-order valence-corrected chi connectivity index (χ1v) is 11.8. The summed E-state index contributed by atoms with van der Waals surface area (Å²) in [6.07, 6.45) is 0. The molecule has 3 rings (SSSR count). The average Bonchev–Trinajstić information content (AvgIpc) is 2.74. The first kappa shape index (κ1) is 23.2. The van der Waals surface area contributed by atoms with E-state index >= 15 is 0 Å². The Kier molecular flexibility index (Phi) is 7.30. The standard InChI is InChI=1S/C23H23ClN2O3S2/c1-16-6-12-20(13-7-16)31(28,29)26(22-5-3-4-21(24)17(22)2)15-23(27)25-14-18-8-10-19(30)11-9-18/h3-13,30H,14-15H2,1-2H3,(H,25,27). The maximum atomic E-state index is 13.4. The van der Waals surface area contributed by atoms with Crippen LogP contribution in [-0.4, -0.2) is 20.9 Å². The predicted molar refractivity (Wildman–Crippen MR) is 127 cm³/mol. The fraction of sp³-hybridized carbons (Fsp3) is 0.174. The molecule has 0 unspecified atom stereocenters. The van der Waals surface area contributed by atoms with Crippen LogP contribution in [0.4, 0.5) is 5.69 Å². The number of anilines is 1. The molecule has 31 heavy (non-hydrogen) atoms. The number of carbonyl (C=O) groups excluding carboxylic acids is 1. The first-order chi connectivity index (χ1) is 14.7. The van der Waals surface area contributed by atoms with Crippen LogP contribution in [-0.2, 0) is 21.4 Å². The summed E-state index contributed by atoms with van der Waals surface area (Å²) in [5, 5.41) is 3.21. The molecule has 8 heteroatoms. The largest absolute Gasteiger partial charge is 0.350 e. The van der Waals surface area contributed by atoms with Crippen LogP contribution in [0.5, 0.6) is 0 Å². The summed E-state index contributed by atoms with van der Waals surface area (Å²) in [4.78, 5) is 13.7. The third kappa shape index (κ3) is 5.61. The Labute approximate surface area is 193 Å². The van der Waals surface area contributed by atoms with E-state index in [1.807, 2.05) is 31.2 Å². The summed E-state index contributed by atoms with van der Waals surface area (Å²) < 4.78 is 28.0. The van der Waals surface area contributed by atoms with Crippen molar-refractivity contribution in [2.75, 3.05) is 10.8 Å². The number of benzene rings is 3. The van der Waals surface area contributed by atoms with Crippen molar-refractivity contribution >= 4 is 45.8 Å². The fourth-order valence-electron chi connectivity index (χ4n) is 3.00. The van der Waals surface area contributed by atoms with E-state index < -0.39 is 15.9 Å². The highest BCUT2D eigenvalue weighted by atomic mass is 35.5. The van der Waals surface area contributed by atoms with E-state index in [4.69, 9.17) is 11.6 Å². The maximum Gasteiger partial charge on any atom is 0.264 e. The zero-order valence-electron chi connectivity index (χ0n) is 17.2. The molecule has 0 aliphatic heterocycles. The molecule has 0 bridgehead atoms. The number of aryl methyl sites for hydroxylation is 1. The molecule has 1 amide bonds. The van der Waals surface area contributed by atoms with Crippen LogP contribution in [0.25, 0.3) is 0 Å². The molecule has 0 atom stereocenters. The van der Waals surface area contributed by atoms with Gasteiger partial charge in [0.25, 0.3) is 10.0 Å². The van der Waals surface area contributed by atoms with Gasteiger partial charge in [0.15, 0.2) is 0 Å². The van der Waals surface area contributed by atoms with E-state index in [9.17, 15) is 13.2 Å². The summed E-state index contributed by atoms with van der Waals surface area (Å²) in [5.41, 5.74) is 2.77. The van der Waals surface area contributed by atoms with Gasteiger partial charge in [-0.2, -0.15) is 0 Å². The molecule has 162 valence electrons. The molecule has 0 aliphatic carbocycles. The summed E-state index contributed by atoms with van der Waals surface area (Å²) in [7, 11) is -3.99. The van der Waals surface area contributed by atoms with Crippen LogP contribution in [0.15, 0.2) is 76.5 Å². The molecule has 0 heterocycles. The molecular weight excluding hydrogens is 452 g/mol. The number of nitrogens with zero attached hydrogens (tertiary/aromatic N) is 1. The number of rotatable bonds is 7. The molecule has 3 aromatic rings. The van der Waals surface area contributed by atoms with Gasteiger partial charge in [-0.3, -0.25) is 9.10 Å². The van der Waals surface area contributed by atoms with Crippen molar-refractivity contribution in [1.29, 1.82) is 0 Å². The number of carbonyl (C=O) groups is 1. The zero-order chi connectivity index (χ0) is 22.6. The summed E-state index contributed by atoms with van der Waals surface area (Å²) in [6.45, 7) is 3.51. The Balaban J connectivity index is 1.90. The quantitative estimate of drug-likeness (QED) is 0.485. The van der Waals surface area contributed by atoms with Gasteiger partial charge in [-0.15, -0.1) is 12.6 Å². The van der Waals surface area contributed by atoms with Crippen molar-refractivity contribution in [1.82, 2.24) is 5.32 Å². The maximum absolute atomic E-state index is 13.4. The number of sulfonamides is 1. The van der Waals surface area contributed by atoms with Crippen LogP contribution >= 0.6 is 24.2 Å². The van der Waals surface area contributed by atoms with Gasteiger partial charge in [0, 0.05) is 16.5 Å². The van der Waals surface area contributed by atoms with Crippen LogP contribution in [0, 0.1) is 13.8 Å². The van der Waals surface area contributed by atoms with Crippen molar-refractivity contribution in [3.8, 4) is 0 Å². The van der Waals surface area contributed by atoms with Gasteiger partial charge in [0.05, 0.1) is 10.6 Å². The van der Waals surface area contributed by atoms with Crippen molar-refractivity contribution in [2.24, 2.45) is 0 Å². The highest BCUT2D eigenvalue weighted by Crippen LogP contribution is 2.30. The lowest BCUT2D eigenvalue weighted by atomic mass is 10.2. The van der Waals surface area contributed by atoms with Crippen LogP contribution in [0.2, 0.25) is 5.02 Å². The molecule has 0 fully saturated rings. The fourth-order valence-corrected chi connectivity index (χ4v) is 4.80. The highest BCUT2D eigenvalue weighted by Gasteiger charge is 2.28. The van der Waals surface area contributed by atoms with Gasteiger partial charge in [-0.1, -0.05) is 47.5 Å².